The highest BCUT2D eigenvalue weighted by atomic mass is 32.2. The van der Waals surface area contributed by atoms with Gasteiger partial charge in [0.05, 0.1) is 6.04 Å². The first-order valence-corrected chi connectivity index (χ1v) is 9.60. The highest BCUT2D eigenvalue weighted by Crippen LogP contribution is 2.23. The summed E-state index contributed by atoms with van der Waals surface area (Å²) >= 11 is 0. The highest BCUT2D eigenvalue weighted by Gasteiger charge is 2.24. The molecule has 0 saturated carbocycles. The SMILES string of the molecule is C[S@](=O)C[C@H](NC(=O)c1n[nH]c2c1CCCC2)c1ccccc1. The second-order valence-corrected chi connectivity index (χ2v) is 7.39. The van der Waals surface area contributed by atoms with Crippen LogP contribution in [0.5, 0.6) is 0 Å². The van der Waals surface area contributed by atoms with Crippen molar-refractivity contribution in [3.05, 3.63) is 52.8 Å². The first kappa shape index (κ1) is 15.9. The first-order chi connectivity index (χ1) is 11.1. The zero-order valence-corrected chi connectivity index (χ0v) is 14.0. The van der Waals surface area contributed by atoms with Crippen LogP contribution >= 0.6 is 0 Å². The zero-order valence-electron chi connectivity index (χ0n) is 13.2. The number of aromatic amines is 1. The third-order valence-corrected chi connectivity index (χ3v) is 4.98. The monoisotopic (exact) mass is 331 g/mol. The Bertz CT molecular complexity index is 712. The Balaban J connectivity index is 1.81. The molecule has 0 bridgehead atoms. The number of aryl methyl sites for hydroxylation is 1. The number of hydrogen-bond donors (Lipinski definition) is 2. The second-order valence-electron chi connectivity index (χ2n) is 5.91. The molecule has 1 aliphatic carbocycles. The molecule has 0 unspecified atom stereocenters. The summed E-state index contributed by atoms with van der Waals surface area (Å²) in [5.74, 6) is 0.200. The van der Waals surface area contributed by atoms with Gasteiger partial charge in [0.25, 0.3) is 5.91 Å². The van der Waals surface area contributed by atoms with E-state index in [1.165, 1.54) is 0 Å². The number of nitrogens with one attached hydrogen (secondary N) is 2. The molecule has 0 aliphatic heterocycles. The van der Waals surface area contributed by atoms with Gasteiger partial charge < -0.3 is 5.32 Å². The molecule has 0 saturated heterocycles. The van der Waals surface area contributed by atoms with E-state index in [4.69, 9.17) is 0 Å². The first-order valence-electron chi connectivity index (χ1n) is 7.87. The van der Waals surface area contributed by atoms with Crippen molar-refractivity contribution in [2.24, 2.45) is 0 Å². The molecule has 3 rings (SSSR count). The molecule has 122 valence electrons. The van der Waals surface area contributed by atoms with Crippen LogP contribution in [0.25, 0.3) is 0 Å². The van der Waals surface area contributed by atoms with E-state index in [1.807, 2.05) is 30.3 Å². The Labute approximate surface area is 138 Å². The van der Waals surface area contributed by atoms with Gasteiger partial charge in [-0.25, -0.2) is 0 Å². The molecular weight excluding hydrogens is 310 g/mol. The Morgan fingerprint density at radius 3 is 2.78 bits per heavy atom. The predicted octanol–water partition coefficient (Wildman–Crippen LogP) is 2.14. The van der Waals surface area contributed by atoms with Gasteiger partial charge in [-0.1, -0.05) is 30.3 Å². The van der Waals surface area contributed by atoms with Crippen molar-refractivity contribution >= 4 is 16.7 Å². The van der Waals surface area contributed by atoms with E-state index in [0.29, 0.717) is 11.4 Å². The third kappa shape index (κ3) is 3.69. The van der Waals surface area contributed by atoms with Crippen LogP contribution in [-0.2, 0) is 23.6 Å². The van der Waals surface area contributed by atoms with Gasteiger partial charge in [0, 0.05) is 34.1 Å². The number of benzene rings is 1. The number of carbonyl (C=O) groups is 1. The van der Waals surface area contributed by atoms with Crippen molar-refractivity contribution in [1.29, 1.82) is 0 Å². The average Bonchev–Trinajstić information content (AvgIpc) is 2.99. The lowest BCUT2D eigenvalue weighted by molar-refractivity contribution is 0.0934. The lowest BCUT2D eigenvalue weighted by Gasteiger charge is -2.18. The number of H-pyrrole nitrogens is 1. The summed E-state index contributed by atoms with van der Waals surface area (Å²) in [6, 6.07) is 9.38. The van der Waals surface area contributed by atoms with Crippen molar-refractivity contribution in [3.63, 3.8) is 0 Å². The van der Waals surface area contributed by atoms with Crippen LogP contribution in [0.15, 0.2) is 30.3 Å². The molecule has 2 aromatic rings. The largest absolute Gasteiger partial charge is 0.343 e. The van der Waals surface area contributed by atoms with E-state index in [1.54, 1.807) is 6.26 Å². The summed E-state index contributed by atoms with van der Waals surface area (Å²) < 4.78 is 11.7. The molecule has 2 N–H and O–H groups in total. The standard InChI is InChI=1S/C17H21N3O2S/c1-23(22)11-15(12-7-3-2-4-8-12)18-17(21)16-13-9-5-6-10-14(13)19-20-16/h2-4,7-8,15H,5-6,9-11H2,1H3,(H,18,21)(H,19,20)/t15-,23-/m0/s1. The van der Waals surface area contributed by atoms with Crippen LogP contribution in [-0.4, -0.2) is 32.3 Å². The molecule has 1 heterocycles. The fourth-order valence-electron chi connectivity index (χ4n) is 3.04. The Morgan fingerprint density at radius 1 is 1.30 bits per heavy atom. The summed E-state index contributed by atoms with van der Waals surface area (Å²) in [6.45, 7) is 0. The van der Waals surface area contributed by atoms with Gasteiger partial charge >= 0.3 is 0 Å². The second kappa shape index (κ2) is 7.08. The minimum absolute atomic E-state index is 0.191. The molecule has 1 aliphatic rings. The van der Waals surface area contributed by atoms with E-state index in [0.717, 1.165) is 42.5 Å². The lowest BCUT2D eigenvalue weighted by Crippen LogP contribution is -2.32. The minimum atomic E-state index is -1.00. The maximum Gasteiger partial charge on any atom is 0.272 e. The molecule has 0 spiro atoms. The number of carbonyl (C=O) groups excluding carboxylic acids is 1. The Morgan fingerprint density at radius 2 is 2.04 bits per heavy atom. The van der Waals surface area contributed by atoms with E-state index < -0.39 is 10.8 Å². The molecule has 1 aromatic heterocycles. The smallest absolute Gasteiger partial charge is 0.272 e. The van der Waals surface area contributed by atoms with Crippen LogP contribution in [0.4, 0.5) is 0 Å². The van der Waals surface area contributed by atoms with Crippen molar-refractivity contribution < 1.29 is 9.00 Å². The predicted molar refractivity (Wildman–Crippen MR) is 90.8 cm³/mol. The Hall–Kier alpha value is -1.95. The average molecular weight is 331 g/mol. The van der Waals surface area contributed by atoms with E-state index >= 15 is 0 Å². The number of rotatable bonds is 5. The molecule has 1 amide bonds. The summed E-state index contributed by atoms with van der Waals surface area (Å²) in [7, 11) is -1.00. The van der Waals surface area contributed by atoms with Gasteiger partial charge in [-0.2, -0.15) is 5.10 Å². The van der Waals surface area contributed by atoms with Crippen LogP contribution < -0.4 is 5.32 Å². The number of aromatic nitrogens is 2. The van der Waals surface area contributed by atoms with Crippen molar-refractivity contribution in [1.82, 2.24) is 15.5 Å². The third-order valence-electron chi connectivity index (χ3n) is 4.18. The number of amides is 1. The topological polar surface area (TPSA) is 74.8 Å². The quantitative estimate of drug-likeness (QED) is 0.881. The van der Waals surface area contributed by atoms with Gasteiger partial charge in [0.1, 0.15) is 0 Å². The van der Waals surface area contributed by atoms with Gasteiger partial charge in [-0.15, -0.1) is 0 Å². The summed E-state index contributed by atoms with van der Waals surface area (Å²) in [4.78, 5) is 12.7. The molecule has 0 radical (unpaired) electrons. The van der Waals surface area contributed by atoms with Crippen LogP contribution in [0, 0.1) is 0 Å². The number of hydrogen-bond acceptors (Lipinski definition) is 3. The fraction of sp³-hybridized carbons (Fsp3) is 0.412. The van der Waals surface area contributed by atoms with Gasteiger partial charge in [0.15, 0.2) is 5.69 Å². The number of nitrogens with zero attached hydrogens (tertiary/aromatic N) is 1. The van der Waals surface area contributed by atoms with E-state index in [9.17, 15) is 9.00 Å². The summed E-state index contributed by atoms with van der Waals surface area (Å²) in [5, 5.41) is 10.2. The zero-order chi connectivity index (χ0) is 16.2. The molecule has 23 heavy (non-hydrogen) atoms. The molecule has 6 heteroatoms. The van der Waals surface area contributed by atoms with Crippen molar-refractivity contribution in [2.45, 2.75) is 31.7 Å². The molecule has 0 fully saturated rings. The van der Waals surface area contributed by atoms with E-state index in [-0.39, 0.29) is 11.9 Å². The normalized spacial score (nSPS) is 16.4. The van der Waals surface area contributed by atoms with Crippen molar-refractivity contribution in [2.75, 3.05) is 12.0 Å². The summed E-state index contributed by atoms with van der Waals surface area (Å²) in [6.07, 6.45) is 5.73. The minimum Gasteiger partial charge on any atom is -0.343 e. The Kier molecular flexibility index (Phi) is 4.91. The van der Waals surface area contributed by atoms with Gasteiger partial charge in [-0.3, -0.25) is 14.1 Å². The molecule has 1 aromatic carbocycles. The number of fused-ring (bicyclic) bond motifs is 1. The van der Waals surface area contributed by atoms with Crippen LogP contribution in [0.1, 0.15) is 46.2 Å². The molecule has 2 atom stereocenters. The molecule has 5 nitrogen and oxygen atoms in total. The highest BCUT2D eigenvalue weighted by molar-refractivity contribution is 7.84. The van der Waals surface area contributed by atoms with Crippen LogP contribution in [0.3, 0.4) is 0 Å². The maximum atomic E-state index is 12.7. The molecular formula is C17H21N3O2S. The van der Waals surface area contributed by atoms with Gasteiger partial charge in [0.2, 0.25) is 0 Å². The summed E-state index contributed by atoms with van der Waals surface area (Å²) in [5.41, 5.74) is 3.57. The fourth-order valence-corrected chi connectivity index (χ4v) is 3.78. The lowest BCUT2D eigenvalue weighted by atomic mass is 9.95. The van der Waals surface area contributed by atoms with Crippen molar-refractivity contribution in [3.8, 4) is 0 Å². The maximum absolute atomic E-state index is 12.7. The van der Waals surface area contributed by atoms with Crippen LogP contribution in [0.2, 0.25) is 0 Å². The van der Waals surface area contributed by atoms with E-state index in [2.05, 4.69) is 15.5 Å². The van der Waals surface area contributed by atoms with Gasteiger partial charge in [-0.05, 0) is 31.2 Å².